The zero-order valence-corrected chi connectivity index (χ0v) is 28.8. The van der Waals surface area contributed by atoms with Crippen molar-refractivity contribution in [3.8, 4) is 11.1 Å². The van der Waals surface area contributed by atoms with Crippen LogP contribution in [-0.2, 0) is 33.7 Å². The summed E-state index contributed by atoms with van der Waals surface area (Å²) >= 11 is -0.826. The summed E-state index contributed by atoms with van der Waals surface area (Å²) < 4.78 is 0. The van der Waals surface area contributed by atoms with Gasteiger partial charge in [0.2, 0.25) is 0 Å². The molecule has 0 saturated heterocycles. The predicted molar refractivity (Wildman–Crippen MR) is 158 cm³/mol. The van der Waals surface area contributed by atoms with Gasteiger partial charge in [-0.25, -0.2) is 0 Å². The average molecular weight is 612 g/mol. The average Bonchev–Trinajstić information content (AvgIpc) is 3.03. The molecule has 0 spiro atoms. The number of halogens is 2. The Morgan fingerprint density at radius 1 is 0.618 bits per heavy atom. The molecule has 3 rings (SSSR count). The molecule has 0 saturated carbocycles. The number of unbranched alkanes of at least 4 members (excludes halogenated alkanes) is 2. The number of benzene rings is 2. The van der Waals surface area contributed by atoms with Crippen molar-refractivity contribution >= 4 is 33.2 Å². The van der Waals surface area contributed by atoms with E-state index >= 15 is 0 Å². The van der Waals surface area contributed by atoms with Gasteiger partial charge < -0.3 is 0 Å². The molecule has 1 aliphatic carbocycles. The van der Waals surface area contributed by atoms with Crippen LogP contribution in [0.1, 0.15) is 59.1 Å². The molecule has 2 aromatic carbocycles. The Morgan fingerprint density at radius 3 is 1.29 bits per heavy atom. The third-order valence-electron chi connectivity index (χ3n) is 6.86. The zero-order valence-electron chi connectivity index (χ0n) is 22.8. The zero-order chi connectivity index (χ0) is 25.5. The molecule has 0 fully saturated rings. The molecule has 0 heterocycles. The Labute approximate surface area is 231 Å². The van der Waals surface area contributed by atoms with Gasteiger partial charge in [0.15, 0.2) is 0 Å². The molecule has 0 aromatic heterocycles. The second kappa shape index (κ2) is 13.8. The second-order valence-corrected chi connectivity index (χ2v) is 27.5. The van der Waals surface area contributed by atoms with Crippen molar-refractivity contribution in [2.45, 2.75) is 104 Å². The van der Waals surface area contributed by atoms with E-state index in [0.717, 1.165) is 0 Å². The molecule has 0 N–H and O–H groups in total. The molecule has 0 bridgehead atoms. The molecular formula is C29H45Cl2Si2Zr. The summed E-state index contributed by atoms with van der Waals surface area (Å²) in [6.45, 7) is 19.6. The van der Waals surface area contributed by atoms with Gasteiger partial charge in [-0.1, -0.05) is 88.5 Å². The normalized spacial score (nSPS) is 12.6. The van der Waals surface area contributed by atoms with Gasteiger partial charge in [-0.2, -0.15) is 0 Å². The first-order valence-corrected chi connectivity index (χ1v) is 26.7. The molecule has 0 aliphatic heterocycles. The van der Waals surface area contributed by atoms with E-state index in [0.29, 0.717) is 0 Å². The molecule has 0 nitrogen and oxygen atoms in total. The minimum atomic E-state index is -0.912. The van der Waals surface area contributed by atoms with Crippen LogP contribution in [0.25, 0.3) is 11.1 Å². The van der Waals surface area contributed by atoms with E-state index < -0.39 is 37.0 Å². The van der Waals surface area contributed by atoms with E-state index in [-0.39, 0.29) is 0 Å². The SMILES string of the molecule is Cc1cc2c(cc1CCCC[Si](C)(C)C)-c1cc(CCCC[Si](C)(C)C)c(C)cc1[CH]2.[Cl][Zr][Cl]. The van der Waals surface area contributed by atoms with Gasteiger partial charge in [0.05, 0.1) is 0 Å². The molecule has 0 unspecified atom stereocenters. The van der Waals surface area contributed by atoms with E-state index in [1.54, 1.807) is 11.1 Å². The Hall–Kier alpha value is 0.337. The summed E-state index contributed by atoms with van der Waals surface area (Å²) in [6, 6.07) is 12.8. The van der Waals surface area contributed by atoms with E-state index in [2.05, 4.69) is 83.8 Å². The molecule has 34 heavy (non-hydrogen) atoms. The quantitative estimate of drug-likeness (QED) is 0.158. The molecule has 0 atom stereocenters. The molecule has 2 aromatic rings. The van der Waals surface area contributed by atoms with Gasteiger partial charge in [-0.3, -0.25) is 0 Å². The van der Waals surface area contributed by atoms with Crippen molar-refractivity contribution in [2.24, 2.45) is 0 Å². The Morgan fingerprint density at radius 2 is 0.971 bits per heavy atom. The first-order valence-electron chi connectivity index (χ1n) is 12.9. The van der Waals surface area contributed by atoms with E-state index in [1.807, 2.05) is 0 Å². The van der Waals surface area contributed by atoms with Crippen molar-refractivity contribution in [1.29, 1.82) is 0 Å². The fraction of sp³-hybridized carbons (Fsp3) is 0.552. The minimum absolute atomic E-state index is 0.826. The van der Waals surface area contributed by atoms with Crippen LogP contribution in [0, 0.1) is 20.3 Å². The number of hydrogen-bond acceptors (Lipinski definition) is 0. The van der Waals surface area contributed by atoms with Crippen LogP contribution in [0.3, 0.4) is 0 Å². The first-order chi connectivity index (χ1) is 15.8. The summed E-state index contributed by atoms with van der Waals surface area (Å²) in [7, 11) is 8.04. The predicted octanol–water partition coefficient (Wildman–Crippen LogP) is 10.6. The summed E-state index contributed by atoms with van der Waals surface area (Å²) in [6.07, 6.45) is 10.3. The van der Waals surface area contributed by atoms with E-state index in [1.165, 1.54) is 84.0 Å². The molecule has 1 aliphatic rings. The fourth-order valence-electron chi connectivity index (χ4n) is 4.90. The van der Waals surface area contributed by atoms with Crippen LogP contribution in [0.4, 0.5) is 0 Å². The fourth-order valence-corrected chi connectivity index (χ4v) is 7.52. The maximum atomic E-state index is 4.93. The van der Waals surface area contributed by atoms with Crippen LogP contribution in [0.5, 0.6) is 0 Å². The second-order valence-electron chi connectivity index (χ2n) is 12.5. The van der Waals surface area contributed by atoms with Crippen molar-refractivity contribution in [3.05, 3.63) is 64.1 Å². The van der Waals surface area contributed by atoms with Gasteiger partial charge in [-0.15, -0.1) is 0 Å². The molecular weight excluding hydrogens is 567 g/mol. The first kappa shape index (κ1) is 30.6. The monoisotopic (exact) mass is 609 g/mol. The van der Waals surface area contributed by atoms with Crippen molar-refractivity contribution in [2.75, 3.05) is 0 Å². The third-order valence-corrected chi connectivity index (χ3v) is 10.6. The molecule has 5 heteroatoms. The van der Waals surface area contributed by atoms with Crippen molar-refractivity contribution < 1.29 is 20.8 Å². The van der Waals surface area contributed by atoms with Crippen LogP contribution >= 0.6 is 17.0 Å². The van der Waals surface area contributed by atoms with Crippen LogP contribution in [0.2, 0.25) is 51.4 Å². The third kappa shape index (κ3) is 10.0. The van der Waals surface area contributed by atoms with Gasteiger partial charge in [0.25, 0.3) is 0 Å². The Bertz CT molecular complexity index is 867. The number of aryl methyl sites for hydroxylation is 4. The van der Waals surface area contributed by atoms with Crippen LogP contribution in [0.15, 0.2) is 24.3 Å². The van der Waals surface area contributed by atoms with E-state index in [9.17, 15) is 0 Å². The van der Waals surface area contributed by atoms with Gasteiger partial charge in [-0.05, 0) is 84.0 Å². The van der Waals surface area contributed by atoms with Gasteiger partial charge >= 0.3 is 37.9 Å². The van der Waals surface area contributed by atoms with Gasteiger partial charge in [0, 0.05) is 22.6 Å². The number of rotatable bonds is 10. The number of fused-ring (bicyclic) bond motifs is 3. The van der Waals surface area contributed by atoms with Gasteiger partial charge in [0.1, 0.15) is 0 Å². The number of hydrogen-bond donors (Lipinski definition) is 0. The molecule has 0 amide bonds. The Balaban J connectivity index is 0.00000129. The molecule has 1 radical (unpaired) electrons. The topological polar surface area (TPSA) is 0 Å². The van der Waals surface area contributed by atoms with E-state index in [4.69, 9.17) is 17.0 Å². The van der Waals surface area contributed by atoms with Crippen molar-refractivity contribution in [3.63, 3.8) is 0 Å². The summed E-state index contributed by atoms with van der Waals surface area (Å²) in [5.41, 5.74) is 11.9. The standard InChI is InChI=1S/C29H45Si2.2ClH.Zr/c1-22-17-26-19-27-18-23(2)25(14-10-12-16-31(6,7)8)21-29(27)28(26)20-24(22)13-9-11-15-30(3,4)5;;;/h17-21H,9-16H2,1-8H3;2*1H;/q;;;+2/p-2. The Kier molecular flexibility index (Phi) is 12.4. The summed E-state index contributed by atoms with van der Waals surface area (Å²) in [4.78, 5) is 0. The molecule has 187 valence electrons. The van der Waals surface area contributed by atoms with Crippen LogP contribution < -0.4 is 0 Å². The summed E-state index contributed by atoms with van der Waals surface area (Å²) in [5.74, 6) is 0. The van der Waals surface area contributed by atoms with Crippen LogP contribution in [-0.4, -0.2) is 16.1 Å². The maximum absolute atomic E-state index is 4.93. The summed E-state index contributed by atoms with van der Waals surface area (Å²) in [5, 5.41) is 0. The van der Waals surface area contributed by atoms with Crippen molar-refractivity contribution in [1.82, 2.24) is 0 Å².